The van der Waals surface area contributed by atoms with Gasteiger partial charge in [-0.15, -0.1) is 11.3 Å². The average Bonchev–Trinajstić information content (AvgIpc) is 2.66. The summed E-state index contributed by atoms with van der Waals surface area (Å²) in [6.07, 6.45) is 0. The molecule has 1 saturated carbocycles. The van der Waals surface area contributed by atoms with Crippen molar-refractivity contribution in [3.63, 3.8) is 0 Å². The Hall–Kier alpha value is -0.380. The van der Waals surface area contributed by atoms with Gasteiger partial charge in [0.05, 0.1) is 6.04 Å². The van der Waals surface area contributed by atoms with Crippen LogP contribution in [-0.2, 0) is 0 Å². The topological polar surface area (TPSA) is 38.0 Å². The molecule has 1 heterocycles. The molecule has 0 aliphatic heterocycles. The lowest BCUT2D eigenvalue weighted by atomic mass is 10.0. The molecule has 3 N–H and O–H groups in total. The van der Waals surface area contributed by atoms with Crippen LogP contribution in [0.1, 0.15) is 38.6 Å². The van der Waals surface area contributed by atoms with Gasteiger partial charge in [-0.3, -0.25) is 0 Å². The highest BCUT2D eigenvalue weighted by Gasteiger charge is 2.64. The highest BCUT2D eigenvalue weighted by atomic mass is 32.1. The third-order valence-electron chi connectivity index (χ3n) is 4.47. The monoisotopic (exact) mass is 238 g/mol. The summed E-state index contributed by atoms with van der Waals surface area (Å²) in [5.74, 6) is 0. The summed E-state index contributed by atoms with van der Waals surface area (Å²) in [5.41, 5.74) is 6.92. The summed E-state index contributed by atoms with van der Waals surface area (Å²) >= 11 is 1.74. The van der Waals surface area contributed by atoms with Crippen LogP contribution in [0.15, 0.2) is 17.5 Å². The van der Waals surface area contributed by atoms with Crippen molar-refractivity contribution in [3.05, 3.63) is 22.4 Å². The van der Waals surface area contributed by atoms with Crippen molar-refractivity contribution in [1.82, 2.24) is 5.32 Å². The van der Waals surface area contributed by atoms with Crippen LogP contribution in [0.2, 0.25) is 0 Å². The Bertz CT molecular complexity index is 340. The molecule has 0 amide bonds. The molecule has 1 aliphatic rings. The number of hydrogen-bond donors (Lipinski definition) is 2. The van der Waals surface area contributed by atoms with E-state index >= 15 is 0 Å². The minimum atomic E-state index is 0.132. The summed E-state index contributed by atoms with van der Waals surface area (Å²) in [4.78, 5) is 1.27. The maximum atomic E-state index is 6.14. The van der Waals surface area contributed by atoms with Gasteiger partial charge >= 0.3 is 0 Å². The third kappa shape index (κ3) is 1.81. The van der Waals surface area contributed by atoms with Crippen molar-refractivity contribution >= 4 is 11.3 Å². The molecule has 1 fully saturated rings. The van der Waals surface area contributed by atoms with Gasteiger partial charge in [0.15, 0.2) is 0 Å². The van der Waals surface area contributed by atoms with Crippen LogP contribution in [0.3, 0.4) is 0 Å². The van der Waals surface area contributed by atoms with Crippen LogP contribution in [0.25, 0.3) is 0 Å². The summed E-state index contributed by atoms with van der Waals surface area (Å²) in [5, 5.41) is 5.69. The van der Waals surface area contributed by atoms with Crippen molar-refractivity contribution in [2.24, 2.45) is 16.6 Å². The third-order valence-corrected chi connectivity index (χ3v) is 5.48. The molecular weight excluding hydrogens is 216 g/mol. The standard InChI is InChI=1S/C13H22N2S/c1-12(2)11(13(12,3)4)15-8-9(14)10-6-5-7-16-10/h5-7,9,11,15H,8,14H2,1-4H3. The molecular formula is C13H22N2S. The zero-order chi connectivity index (χ0) is 12.0. The Balaban J connectivity index is 1.86. The van der Waals surface area contributed by atoms with E-state index in [2.05, 4.69) is 50.5 Å². The molecule has 2 nitrogen and oxygen atoms in total. The highest BCUT2D eigenvalue weighted by molar-refractivity contribution is 7.10. The van der Waals surface area contributed by atoms with Gasteiger partial charge in [-0.1, -0.05) is 33.8 Å². The average molecular weight is 238 g/mol. The number of nitrogens with one attached hydrogen (secondary N) is 1. The van der Waals surface area contributed by atoms with E-state index in [1.54, 1.807) is 11.3 Å². The Labute approximate surface area is 102 Å². The second-order valence-electron chi connectivity index (χ2n) is 5.91. The van der Waals surface area contributed by atoms with Crippen molar-refractivity contribution in [2.75, 3.05) is 6.54 Å². The minimum Gasteiger partial charge on any atom is -0.322 e. The fourth-order valence-electron chi connectivity index (χ4n) is 2.55. The quantitative estimate of drug-likeness (QED) is 0.846. The van der Waals surface area contributed by atoms with Gasteiger partial charge in [-0.2, -0.15) is 0 Å². The Morgan fingerprint density at radius 3 is 2.44 bits per heavy atom. The lowest BCUT2D eigenvalue weighted by Crippen LogP contribution is -2.30. The Morgan fingerprint density at radius 2 is 2.00 bits per heavy atom. The first-order valence-corrected chi connectivity index (χ1v) is 6.77. The van der Waals surface area contributed by atoms with Crippen LogP contribution in [-0.4, -0.2) is 12.6 Å². The summed E-state index contributed by atoms with van der Waals surface area (Å²) in [6.45, 7) is 10.2. The molecule has 16 heavy (non-hydrogen) atoms. The van der Waals surface area contributed by atoms with Crippen LogP contribution in [0.4, 0.5) is 0 Å². The molecule has 1 aliphatic carbocycles. The zero-order valence-corrected chi connectivity index (χ0v) is 11.4. The summed E-state index contributed by atoms with van der Waals surface area (Å²) < 4.78 is 0. The number of rotatable bonds is 4. The van der Waals surface area contributed by atoms with E-state index in [1.165, 1.54) is 4.88 Å². The molecule has 1 aromatic rings. The van der Waals surface area contributed by atoms with E-state index in [9.17, 15) is 0 Å². The van der Waals surface area contributed by atoms with Gasteiger partial charge < -0.3 is 11.1 Å². The van der Waals surface area contributed by atoms with Gasteiger partial charge in [0.2, 0.25) is 0 Å². The Morgan fingerprint density at radius 1 is 1.38 bits per heavy atom. The van der Waals surface area contributed by atoms with Crippen LogP contribution < -0.4 is 11.1 Å². The van der Waals surface area contributed by atoms with Gasteiger partial charge in [-0.05, 0) is 22.3 Å². The van der Waals surface area contributed by atoms with Gasteiger partial charge in [0.1, 0.15) is 0 Å². The maximum Gasteiger partial charge on any atom is 0.0516 e. The molecule has 1 atom stereocenters. The van der Waals surface area contributed by atoms with Gasteiger partial charge in [-0.25, -0.2) is 0 Å². The summed E-state index contributed by atoms with van der Waals surface area (Å²) in [7, 11) is 0. The number of hydrogen-bond acceptors (Lipinski definition) is 3. The van der Waals surface area contributed by atoms with Gasteiger partial charge in [0.25, 0.3) is 0 Å². The maximum absolute atomic E-state index is 6.14. The normalized spacial score (nSPS) is 24.3. The van der Waals surface area contributed by atoms with Crippen LogP contribution >= 0.6 is 11.3 Å². The fraction of sp³-hybridized carbons (Fsp3) is 0.692. The lowest BCUT2D eigenvalue weighted by molar-refractivity contribution is 0.457. The van der Waals surface area contributed by atoms with Crippen molar-refractivity contribution in [1.29, 1.82) is 0 Å². The predicted molar refractivity (Wildman–Crippen MR) is 70.6 cm³/mol. The molecule has 3 heteroatoms. The highest BCUT2D eigenvalue weighted by Crippen LogP contribution is 2.62. The van der Waals surface area contributed by atoms with E-state index in [4.69, 9.17) is 5.73 Å². The summed E-state index contributed by atoms with van der Waals surface area (Å²) in [6, 6.07) is 4.89. The first kappa shape index (κ1) is 12.1. The van der Waals surface area contributed by atoms with Crippen molar-refractivity contribution < 1.29 is 0 Å². The molecule has 0 bridgehead atoms. The smallest absolute Gasteiger partial charge is 0.0516 e. The molecule has 2 rings (SSSR count). The number of nitrogens with two attached hydrogens (primary N) is 1. The number of thiophene rings is 1. The van der Waals surface area contributed by atoms with E-state index in [0.29, 0.717) is 16.9 Å². The lowest BCUT2D eigenvalue weighted by Gasteiger charge is -2.12. The van der Waals surface area contributed by atoms with E-state index in [1.807, 2.05) is 0 Å². The van der Waals surface area contributed by atoms with Crippen LogP contribution in [0.5, 0.6) is 0 Å². The fourth-order valence-corrected chi connectivity index (χ4v) is 3.28. The largest absolute Gasteiger partial charge is 0.322 e. The first-order valence-electron chi connectivity index (χ1n) is 5.90. The molecule has 1 aromatic heterocycles. The predicted octanol–water partition coefficient (Wildman–Crippen LogP) is 2.77. The molecule has 1 unspecified atom stereocenters. The molecule has 0 aromatic carbocycles. The van der Waals surface area contributed by atoms with E-state index in [-0.39, 0.29) is 6.04 Å². The first-order chi connectivity index (χ1) is 7.37. The van der Waals surface area contributed by atoms with Crippen molar-refractivity contribution in [2.45, 2.75) is 39.8 Å². The van der Waals surface area contributed by atoms with E-state index in [0.717, 1.165) is 6.54 Å². The minimum absolute atomic E-state index is 0.132. The molecule has 90 valence electrons. The van der Waals surface area contributed by atoms with Gasteiger partial charge in [0, 0.05) is 17.5 Å². The second-order valence-corrected chi connectivity index (χ2v) is 6.89. The molecule has 0 spiro atoms. The van der Waals surface area contributed by atoms with E-state index < -0.39 is 0 Å². The van der Waals surface area contributed by atoms with Crippen molar-refractivity contribution in [3.8, 4) is 0 Å². The Kier molecular flexibility index (Phi) is 2.89. The SMILES string of the molecule is CC1(C)C(NCC(N)c2cccs2)C1(C)C. The zero-order valence-electron chi connectivity index (χ0n) is 10.6. The molecule has 0 saturated heterocycles. The van der Waals surface area contributed by atoms with Crippen LogP contribution in [0, 0.1) is 10.8 Å². The molecule has 0 radical (unpaired) electrons. The second kappa shape index (κ2) is 3.83.